The van der Waals surface area contributed by atoms with Crippen LogP contribution in [-0.4, -0.2) is 37.5 Å². The Morgan fingerprint density at radius 3 is 2.72 bits per heavy atom. The smallest absolute Gasteiger partial charge is 0.272 e. The summed E-state index contributed by atoms with van der Waals surface area (Å²) in [5, 5.41) is 13.8. The molecule has 11 heteroatoms. The van der Waals surface area contributed by atoms with E-state index in [4.69, 9.17) is 0 Å². The molecule has 1 saturated carbocycles. The Bertz CT molecular complexity index is 917. The number of phenols is 1. The lowest BCUT2D eigenvalue weighted by Gasteiger charge is -2.17. The third-order valence-corrected chi connectivity index (χ3v) is 5.17. The van der Waals surface area contributed by atoms with Gasteiger partial charge in [0.2, 0.25) is 11.2 Å². The van der Waals surface area contributed by atoms with Crippen molar-refractivity contribution in [2.75, 3.05) is 10.8 Å². The monoisotopic (exact) mass is 372 g/mol. The minimum absolute atomic E-state index is 0.0145. The molecule has 2 fully saturated rings. The van der Waals surface area contributed by atoms with E-state index in [1.165, 1.54) is 24.5 Å². The van der Waals surface area contributed by atoms with Gasteiger partial charge in [-0.3, -0.25) is 18.5 Å². The van der Waals surface area contributed by atoms with E-state index >= 15 is 0 Å². The highest BCUT2D eigenvalue weighted by molar-refractivity contribution is 7.85. The lowest BCUT2D eigenvalue weighted by atomic mass is 10.1. The van der Waals surface area contributed by atoms with Crippen molar-refractivity contribution in [1.82, 2.24) is 14.5 Å². The van der Waals surface area contributed by atoms with Gasteiger partial charge in [0.15, 0.2) is 5.82 Å². The molecule has 4 rings (SSSR count). The number of carbonyl (C=O) groups is 1. The number of aromatic hydroxyl groups is 1. The van der Waals surface area contributed by atoms with E-state index < -0.39 is 46.3 Å². The van der Waals surface area contributed by atoms with E-state index in [0.29, 0.717) is 0 Å². The summed E-state index contributed by atoms with van der Waals surface area (Å²) in [6.07, 6.45) is 2.20. The molecule has 2 N–H and O–H groups in total. The van der Waals surface area contributed by atoms with Gasteiger partial charge in [0.25, 0.3) is 11.8 Å². The first-order valence-electron chi connectivity index (χ1n) is 7.20. The summed E-state index contributed by atoms with van der Waals surface area (Å²) in [7, 11) is 0. The standard InChI is InChI=1S/C14H11F3N4O3S/c15-12-8(7-4-18-20(5-7)10-3-14(10,16)17)1-2-9(22)13(12)21-6-11(23)19-25(21)24/h1-2,4-5,10,22H,3,6H2,(H,19,23). The van der Waals surface area contributed by atoms with Crippen molar-refractivity contribution in [3.8, 4) is 16.9 Å². The number of hydrogen-bond acceptors (Lipinski definition) is 4. The van der Waals surface area contributed by atoms with E-state index in [1.54, 1.807) is 0 Å². The second kappa shape index (κ2) is 5.22. The number of alkyl halides is 2. The number of nitrogens with zero attached hydrogens (tertiary/aromatic N) is 3. The van der Waals surface area contributed by atoms with Crippen LogP contribution < -0.4 is 9.03 Å². The van der Waals surface area contributed by atoms with Gasteiger partial charge in [-0.25, -0.2) is 17.4 Å². The topological polar surface area (TPSA) is 87.5 Å². The fourth-order valence-corrected chi connectivity index (χ4v) is 3.63. The van der Waals surface area contributed by atoms with Gasteiger partial charge in [-0.1, -0.05) is 0 Å². The molecule has 2 heterocycles. The summed E-state index contributed by atoms with van der Waals surface area (Å²) in [6.45, 7) is -0.381. The summed E-state index contributed by atoms with van der Waals surface area (Å²) < 4.78 is 57.0. The molecule has 1 aliphatic carbocycles. The van der Waals surface area contributed by atoms with Crippen LogP contribution in [0.2, 0.25) is 0 Å². The number of carbonyl (C=O) groups excluding carboxylic acids is 1. The van der Waals surface area contributed by atoms with Crippen LogP contribution in [0.25, 0.3) is 11.1 Å². The molecule has 0 spiro atoms. The molecular weight excluding hydrogens is 361 g/mol. The maximum atomic E-state index is 14.9. The Morgan fingerprint density at radius 2 is 2.12 bits per heavy atom. The molecule has 2 aromatic rings. The molecule has 132 valence electrons. The van der Waals surface area contributed by atoms with Gasteiger partial charge in [-0.2, -0.15) is 5.10 Å². The van der Waals surface area contributed by atoms with Crippen LogP contribution in [0.4, 0.5) is 18.9 Å². The lowest BCUT2D eigenvalue weighted by molar-refractivity contribution is -0.117. The zero-order chi connectivity index (χ0) is 17.9. The van der Waals surface area contributed by atoms with Crippen LogP contribution in [0.15, 0.2) is 24.5 Å². The van der Waals surface area contributed by atoms with Crippen molar-refractivity contribution >= 4 is 22.8 Å². The lowest BCUT2D eigenvalue weighted by Crippen LogP contribution is -2.23. The zero-order valence-corrected chi connectivity index (χ0v) is 13.3. The van der Waals surface area contributed by atoms with Gasteiger partial charge < -0.3 is 5.11 Å². The molecule has 2 atom stereocenters. The van der Waals surface area contributed by atoms with Crippen molar-refractivity contribution in [2.24, 2.45) is 0 Å². The highest BCUT2D eigenvalue weighted by atomic mass is 32.2. The van der Waals surface area contributed by atoms with Gasteiger partial charge in [-0.05, 0) is 12.1 Å². The number of aromatic nitrogens is 2. The van der Waals surface area contributed by atoms with Crippen molar-refractivity contribution in [3.63, 3.8) is 0 Å². The number of hydrogen-bond donors (Lipinski definition) is 2. The Morgan fingerprint density at radius 1 is 1.40 bits per heavy atom. The maximum absolute atomic E-state index is 14.9. The number of halogens is 3. The number of nitrogens with one attached hydrogen (secondary N) is 1. The van der Waals surface area contributed by atoms with E-state index in [0.717, 1.165) is 8.99 Å². The van der Waals surface area contributed by atoms with E-state index in [1.807, 2.05) is 0 Å². The van der Waals surface area contributed by atoms with Crippen LogP contribution in [0.5, 0.6) is 5.75 Å². The van der Waals surface area contributed by atoms with Gasteiger partial charge in [0.1, 0.15) is 24.0 Å². The predicted molar refractivity (Wildman–Crippen MR) is 81.5 cm³/mol. The Hall–Kier alpha value is -2.56. The highest BCUT2D eigenvalue weighted by Crippen LogP contribution is 2.52. The average molecular weight is 372 g/mol. The molecule has 7 nitrogen and oxygen atoms in total. The third-order valence-electron chi connectivity index (χ3n) is 4.06. The largest absolute Gasteiger partial charge is 0.506 e. The molecule has 2 aliphatic rings. The number of benzene rings is 1. The Kier molecular flexibility index (Phi) is 3.33. The van der Waals surface area contributed by atoms with Gasteiger partial charge in [0.05, 0.1) is 6.20 Å². The fraction of sp³-hybridized carbons (Fsp3) is 0.286. The van der Waals surface area contributed by atoms with Gasteiger partial charge in [0, 0.05) is 23.7 Å². The zero-order valence-electron chi connectivity index (χ0n) is 12.4. The van der Waals surface area contributed by atoms with E-state index in [2.05, 4.69) is 9.82 Å². The molecular formula is C14H11F3N4O3S. The third kappa shape index (κ3) is 2.54. The maximum Gasteiger partial charge on any atom is 0.272 e. The molecule has 1 aromatic heterocycles. The Labute approximate surface area is 141 Å². The SMILES string of the molecule is O=C1CN(c2c(O)ccc(-c3cnn(C4CC4(F)F)c3)c2F)S(=O)N1. The molecule has 1 amide bonds. The number of rotatable bonds is 3. The number of anilines is 1. The molecule has 1 saturated heterocycles. The first-order chi connectivity index (χ1) is 11.8. The number of amides is 1. The van der Waals surface area contributed by atoms with Crippen molar-refractivity contribution < 1.29 is 27.3 Å². The molecule has 0 radical (unpaired) electrons. The quantitative estimate of drug-likeness (QED) is 0.855. The summed E-state index contributed by atoms with van der Waals surface area (Å²) in [6, 6.07) is 1.39. The summed E-state index contributed by atoms with van der Waals surface area (Å²) in [5.41, 5.74) is -0.191. The van der Waals surface area contributed by atoms with Gasteiger partial charge in [-0.15, -0.1) is 0 Å². The normalized spacial score (nSPS) is 24.4. The van der Waals surface area contributed by atoms with Crippen molar-refractivity contribution in [1.29, 1.82) is 0 Å². The highest BCUT2D eigenvalue weighted by Gasteiger charge is 2.59. The van der Waals surface area contributed by atoms with Crippen LogP contribution in [0.1, 0.15) is 12.5 Å². The predicted octanol–water partition coefficient (Wildman–Crippen LogP) is 1.49. The molecule has 1 aliphatic heterocycles. The summed E-state index contributed by atoms with van der Waals surface area (Å²) in [4.78, 5) is 11.3. The average Bonchev–Trinajstić information content (AvgIpc) is 2.88. The van der Waals surface area contributed by atoms with Crippen LogP contribution in [-0.2, 0) is 16.0 Å². The second-order valence-electron chi connectivity index (χ2n) is 5.80. The molecule has 25 heavy (non-hydrogen) atoms. The van der Waals surface area contributed by atoms with Crippen LogP contribution in [0, 0.1) is 5.82 Å². The minimum Gasteiger partial charge on any atom is -0.506 e. The second-order valence-corrected chi connectivity index (χ2v) is 6.94. The fourth-order valence-electron chi connectivity index (χ4n) is 2.68. The summed E-state index contributed by atoms with van der Waals surface area (Å²) in [5.74, 6) is -4.81. The van der Waals surface area contributed by atoms with Crippen LogP contribution >= 0.6 is 0 Å². The van der Waals surface area contributed by atoms with E-state index in [9.17, 15) is 27.3 Å². The van der Waals surface area contributed by atoms with Crippen LogP contribution in [0.3, 0.4) is 0 Å². The first-order valence-corrected chi connectivity index (χ1v) is 8.31. The Balaban J connectivity index is 1.73. The van der Waals surface area contributed by atoms with Crippen molar-refractivity contribution in [2.45, 2.75) is 18.4 Å². The molecule has 1 aromatic carbocycles. The summed E-state index contributed by atoms with van der Waals surface area (Å²) >= 11 is -2.02. The molecule has 2 unspecified atom stereocenters. The van der Waals surface area contributed by atoms with E-state index in [-0.39, 0.29) is 24.1 Å². The molecule has 0 bridgehead atoms. The minimum atomic E-state index is -2.82. The first kappa shape index (κ1) is 15.9. The number of phenolic OH excluding ortho intramolecular Hbond substituents is 1. The van der Waals surface area contributed by atoms with Gasteiger partial charge >= 0.3 is 0 Å². The van der Waals surface area contributed by atoms with Crippen molar-refractivity contribution in [3.05, 3.63) is 30.3 Å².